The first-order valence-electron chi connectivity index (χ1n) is 8.91. The summed E-state index contributed by atoms with van der Waals surface area (Å²) in [4.78, 5) is 17.3. The molecule has 3 heterocycles. The SMILES string of the molecule is COc1ccc(-c2cc(C(=O)N3C[C@@H]4COC[C@H](C3)N(C)C4)[nH]n2)cc1. The molecule has 1 aromatic carbocycles. The Morgan fingerprint density at radius 1 is 1.23 bits per heavy atom. The van der Waals surface area contributed by atoms with Crippen molar-refractivity contribution in [2.24, 2.45) is 5.92 Å². The molecule has 1 N–H and O–H groups in total. The summed E-state index contributed by atoms with van der Waals surface area (Å²) in [5.41, 5.74) is 2.23. The first-order chi connectivity index (χ1) is 12.6. The molecule has 26 heavy (non-hydrogen) atoms. The van der Waals surface area contributed by atoms with Crippen molar-refractivity contribution in [3.63, 3.8) is 0 Å². The number of nitrogens with one attached hydrogen (secondary N) is 1. The number of aromatic amines is 1. The average Bonchev–Trinajstić information content (AvgIpc) is 3.00. The lowest BCUT2D eigenvalue weighted by atomic mass is 10.1. The quantitative estimate of drug-likeness (QED) is 0.902. The van der Waals surface area contributed by atoms with Gasteiger partial charge in [-0.3, -0.25) is 14.8 Å². The molecule has 2 aliphatic rings. The molecule has 0 saturated carbocycles. The smallest absolute Gasteiger partial charge is 0.271 e. The molecule has 138 valence electrons. The largest absolute Gasteiger partial charge is 0.497 e. The van der Waals surface area contributed by atoms with Gasteiger partial charge in [-0.15, -0.1) is 0 Å². The second-order valence-electron chi connectivity index (χ2n) is 7.10. The average molecular weight is 356 g/mol. The third-order valence-corrected chi connectivity index (χ3v) is 5.22. The van der Waals surface area contributed by atoms with E-state index in [4.69, 9.17) is 9.47 Å². The van der Waals surface area contributed by atoms with Crippen molar-refractivity contribution in [3.05, 3.63) is 36.0 Å². The van der Waals surface area contributed by atoms with Gasteiger partial charge in [0.2, 0.25) is 0 Å². The zero-order chi connectivity index (χ0) is 18.1. The summed E-state index contributed by atoms with van der Waals surface area (Å²) in [5.74, 6) is 1.15. The molecule has 2 bridgehead atoms. The lowest BCUT2D eigenvalue weighted by molar-refractivity contribution is 0.0430. The maximum Gasteiger partial charge on any atom is 0.271 e. The molecule has 2 fully saturated rings. The van der Waals surface area contributed by atoms with E-state index in [9.17, 15) is 4.79 Å². The van der Waals surface area contributed by atoms with Gasteiger partial charge in [0, 0.05) is 31.1 Å². The van der Waals surface area contributed by atoms with Crippen molar-refractivity contribution in [1.82, 2.24) is 20.0 Å². The van der Waals surface area contributed by atoms with Crippen molar-refractivity contribution < 1.29 is 14.3 Å². The van der Waals surface area contributed by atoms with Crippen molar-refractivity contribution in [3.8, 4) is 17.0 Å². The third kappa shape index (κ3) is 3.32. The molecule has 0 radical (unpaired) electrons. The van der Waals surface area contributed by atoms with Crippen LogP contribution in [0.4, 0.5) is 0 Å². The summed E-state index contributed by atoms with van der Waals surface area (Å²) in [6, 6.07) is 9.72. The van der Waals surface area contributed by atoms with Crippen molar-refractivity contribution in [2.45, 2.75) is 6.04 Å². The summed E-state index contributed by atoms with van der Waals surface area (Å²) >= 11 is 0. The van der Waals surface area contributed by atoms with Crippen LogP contribution in [0.3, 0.4) is 0 Å². The Bertz CT molecular complexity index is 773. The van der Waals surface area contributed by atoms with E-state index in [-0.39, 0.29) is 11.9 Å². The van der Waals surface area contributed by atoms with Gasteiger partial charge in [0.15, 0.2) is 0 Å². The van der Waals surface area contributed by atoms with Crippen LogP contribution in [0.2, 0.25) is 0 Å². The number of amides is 1. The van der Waals surface area contributed by atoms with Gasteiger partial charge in [-0.25, -0.2) is 0 Å². The molecular weight excluding hydrogens is 332 g/mol. The minimum atomic E-state index is 0.00413. The topological polar surface area (TPSA) is 70.7 Å². The number of nitrogens with zero attached hydrogens (tertiary/aromatic N) is 3. The predicted molar refractivity (Wildman–Crippen MR) is 97.2 cm³/mol. The number of fused-ring (bicyclic) bond motifs is 3. The number of H-pyrrole nitrogens is 1. The van der Waals surface area contributed by atoms with Crippen LogP contribution in [0.1, 0.15) is 10.5 Å². The monoisotopic (exact) mass is 356 g/mol. The standard InChI is InChI=1S/C19H24N4O3/c1-22-8-13-9-23(10-15(22)12-26-11-13)19(24)18-7-17(20-21-18)14-3-5-16(25-2)6-4-14/h3-7,13,15H,8-12H2,1-2H3,(H,20,21)/t13-,15+/m1/s1. The van der Waals surface area contributed by atoms with Crippen LogP contribution in [0, 0.1) is 5.92 Å². The summed E-state index contributed by atoms with van der Waals surface area (Å²) in [6.07, 6.45) is 0. The van der Waals surface area contributed by atoms with Crippen LogP contribution in [0.15, 0.2) is 30.3 Å². The van der Waals surface area contributed by atoms with E-state index in [1.54, 1.807) is 7.11 Å². The summed E-state index contributed by atoms with van der Waals surface area (Å²) in [7, 11) is 3.75. The maximum atomic E-state index is 13.0. The summed E-state index contributed by atoms with van der Waals surface area (Å²) < 4.78 is 10.9. The first kappa shape index (κ1) is 17.1. The molecule has 1 aromatic heterocycles. The summed E-state index contributed by atoms with van der Waals surface area (Å²) in [6.45, 7) is 3.76. The molecule has 0 unspecified atom stereocenters. The Kier molecular flexibility index (Phi) is 4.65. The molecule has 2 atom stereocenters. The van der Waals surface area contributed by atoms with E-state index < -0.39 is 0 Å². The molecule has 2 saturated heterocycles. The Morgan fingerprint density at radius 2 is 2.04 bits per heavy atom. The maximum absolute atomic E-state index is 13.0. The molecule has 0 aliphatic carbocycles. The first-order valence-corrected chi connectivity index (χ1v) is 8.91. The van der Waals surface area contributed by atoms with Gasteiger partial charge < -0.3 is 14.4 Å². The van der Waals surface area contributed by atoms with E-state index in [1.165, 1.54) is 0 Å². The van der Waals surface area contributed by atoms with E-state index in [2.05, 4.69) is 22.1 Å². The van der Waals surface area contributed by atoms with E-state index in [0.717, 1.165) is 30.1 Å². The molecular formula is C19H24N4O3. The van der Waals surface area contributed by atoms with Gasteiger partial charge in [0.25, 0.3) is 5.91 Å². The highest BCUT2D eigenvalue weighted by Crippen LogP contribution is 2.23. The fourth-order valence-corrected chi connectivity index (χ4v) is 3.73. The van der Waals surface area contributed by atoms with Crippen LogP contribution < -0.4 is 4.74 Å². The summed E-state index contributed by atoms with van der Waals surface area (Å²) in [5, 5.41) is 7.23. The fourth-order valence-electron chi connectivity index (χ4n) is 3.73. The van der Waals surface area contributed by atoms with Crippen LogP contribution >= 0.6 is 0 Å². The van der Waals surface area contributed by atoms with Crippen molar-refractivity contribution in [2.75, 3.05) is 47.0 Å². The number of aromatic nitrogens is 2. The second-order valence-corrected chi connectivity index (χ2v) is 7.10. The number of likely N-dealkylation sites (N-methyl/N-ethyl adjacent to an activating group) is 1. The van der Waals surface area contributed by atoms with Crippen molar-refractivity contribution in [1.29, 1.82) is 0 Å². The molecule has 4 rings (SSSR count). The Balaban J connectivity index is 1.52. The molecule has 1 amide bonds. The number of carbonyl (C=O) groups is 1. The Morgan fingerprint density at radius 3 is 2.81 bits per heavy atom. The third-order valence-electron chi connectivity index (χ3n) is 5.22. The van der Waals surface area contributed by atoms with E-state index in [0.29, 0.717) is 31.4 Å². The fraction of sp³-hybridized carbons (Fsp3) is 0.474. The highest BCUT2D eigenvalue weighted by Gasteiger charge is 2.34. The zero-order valence-corrected chi connectivity index (χ0v) is 15.1. The number of ether oxygens (including phenoxy) is 2. The normalized spacial score (nSPS) is 23.5. The highest BCUT2D eigenvalue weighted by molar-refractivity contribution is 5.93. The van der Waals surface area contributed by atoms with Gasteiger partial charge in [0.05, 0.1) is 32.1 Å². The number of carbonyl (C=O) groups excluding carboxylic acids is 1. The van der Waals surface area contributed by atoms with Gasteiger partial charge in [-0.05, 0) is 37.4 Å². The van der Waals surface area contributed by atoms with E-state index >= 15 is 0 Å². The number of hydrogen-bond acceptors (Lipinski definition) is 5. The van der Waals surface area contributed by atoms with Crippen molar-refractivity contribution >= 4 is 5.91 Å². The molecule has 2 aromatic rings. The molecule has 7 nitrogen and oxygen atoms in total. The number of benzene rings is 1. The second kappa shape index (κ2) is 7.09. The van der Waals surface area contributed by atoms with Gasteiger partial charge in [-0.2, -0.15) is 5.10 Å². The minimum Gasteiger partial charge on any atom is -0.497 e. The van der Waals surface area contributed by atoms with Crippen LogP contribution in [0.25, 0.3) is 11.3 Å². The van der Waals surface area contributed by atoms with Gasteiger partial charge in [0.1, 0.15) is 11.4 Å². The van der Waals surface area contributed by atoms with Crippen LogP contribution in [-0.4, -0.2) is 79.0 Å². The number of hydrogen-bond donors (Lipinski definition) is 1. The number of rotatable bonds is 3. The van der Waals surface area contributed by atoms with E-state index in [1.807, 2.05) is 35.2 Å². The Labute approximate surface area is 152 Å². The molecule has 7 heteroatoms. The Hall–Kier alpha value is -2.38. The van der Waals surface area contributed by atoms with Crippen LogP contribution in [0.5, 0.6) is 5.75 Å². The minimum absolute atomic E-state index is 0.00413. The molecule has 2 aliphatic heterocycles. The zero-order valence-electron chi connectivity index (χ0n) is 15.1. The predicted octanol–water partition coefficient (Wildman–Crippen LogP) is 1.49. The lowest BCUT2D eigenvalue weighted by Crippen LogP contribution is -2.44. The highest BCUT2D eigenvalue weighted by atomic mass is 16.5. The van der Waals surface area contributed by atoms with Gasteiger partial charge in [-0.1, -0.05) is 0 Å². The van der Waals surface area contributed by atoms with Crippen LogP contribution in [-0.2, 0) is 4.74 Å². The van der Waals surface area contributed by atoms with Gasteiger partial charge >= 0.3 is 0 Å². The lowest BCUT2D eigenvalue weighted by Gasteiger charge is -2.29. The number of methoxy groups -OCH3 is 1. The molecule has 0 spiro atoms.